The van der Waals surface area contributed by atoms with Crippen LogP contribution in [0, 0.1) is 5.92 Å². The lowest BCUT2D eigenvalue weighted by atomic mass is 9.65. The minimum Gasteiger partial charge on any atom is -0.381 e. The molecule has 0 bridgehead atoms. The van der Waals surface area contributed by atoms with E-state index in [0.29, 0.717) is 5.92 Å². The van der Waals surface area contributed by atoms with Crippen molar-refractivity contribution in [1.29, 1.82) is 0 Å². The van der Waals surface area contributed by atoms with E-state index in [0.717, 1.165) is 45.7 Å². The predicted molar refractivity (Wildman–Crippen MR) is 75.1 cm³/mol. The fourth-order valence-corrected chi connectivity index (χ4v) is 3.61. The molecule has 1 aromatic rings. The van der Waals surface area contributed by atoms with Gasteiger partial charge in [0.1, 0.15) is 0 Å². The molecular formula is C16H23NO2. The summed E-state index contributed by atoms with van der Waals surface area (Å²) < 4.78 is 11.1. The summed E-state index contributed by atoms with van der Waals surface area (Å²) in [5.74, 6) is 0.485. The molecule has 2 atom stereocenters. The first-order valence-electron chi connectivity index (χ1n) is 7.29. The van der Waals surface area contributed by atoms with Crippen LogP contribution in [0.5, 0.6) is 0 Å². The third kappa shape index (κ3) is 2.42. The third-order valence-corrected chi connectivity index (χ3v) is 4.84. The Bertz CT molecular complexity index is 394. The van der Waals surface area contributed by atoms with Crippen LogP contribution in [0.1, 0.15) is 24.8 Å². The van der Waals surface area contributed by atoms with E-state index in [4.69, 9.17) is 15.2 Å². The van der Waals surface area contributed by atoms with Gasteiger partial charge in [-0.3, -0.25) is 0 Å². The highest BCUT2D eigenvalue weighted by molar-refractivity contribution is 5.29. The van der Waals surface area contributed by atoms with Crippen LogP contribution in [0.15, 0.2) is 30.3 Å². The summed E-state index contributed by atoms with van der Waals surface area (Å²) in [4.78, 5) is 0. The Morgan fingerprint density at radius 2 is 1.79 bits per heavy atom. The molecule has 2 N–H and O–H groups in total. The quantitative estimate of drug-likeness (QED) is 0.906. The molecule has 104 valence electrons. The fourth-order valence-electron chi connectivity index (χ4n) is 3.61. The number of hydrogen-bond donors (Lipinski definition) is 1. The van der Waals surface area contributed by atoms with Crippen molar-refractivity contribution in [3.05, 3.63) is 35.9 Å². The molecule has 2 fully saturated rings. The summed E-state index contributed by atoms with van der Waals surface area (Å²) in [5.41, 5.74) is 8.13. The topological polar surface area (TPSA) is 44.5 Å². The molecule has 1 aromatic carbocycles. The van der Waals surface area contributed by atoms with Gasteiger partial charge in [0.05, 0.1) is 6.61 Å². The average molecular weight is 261 g/mol. The largest absolute Gasteiger partial charge is 0.381 e. The van der Waals surface area contributed by atoms with Crippen molar-refractivity contribution in [3.8, 4) is 0 Å². The van der Waals surface area contributed by atoms with Gasteiger partial charge in [0, 0.05) is 37.2 Å². The molecule has 2 heterocycles. The highest BCUT2D eigenvalue weighted by Gasteiger charge is 2.44. The maximum Gasteiger partial charge on any atom is 0.0510 e. The van der Waals surface area contributed by atoms with Crippen LogP contribution < -0.4 is 5.73 Å². The van der Waals surface area contributed by atoms with E-state index in [1.54, 1.807) is 0 Å². The lowest BCUT2D eigenvalue weighted by molar-refractivity contribution is 0.0298. The summed E-state index contributed by atoms with van der Waals surface area (Å²) in [6.45, 7) is 3.31. The second kappa shape index (κ2) is 5.61. The first-order chi connectivity index (χ1) is 9.33. The van der Waals surface area contributed by atoms with Crippen LogP contribution in [-0.4, -0.2) is 32.5 Å². The van der Waals surface area contributed by atoms with Crippen LogP contribution in [0.2, 0.25) is 0 Å². The summed E-state index contributed by atoms with van der Waals surface area (Å²) in [5, 5.41) is 0. The number of hydrogen-bond acceptors (Lipinski definition) is 3. The molecule has 0 radical (unpaired) electrons. The number of benzene rings is 1. The molecular weight excluding hydrogens is 238 g/mol. The van der Waals surface area contributed by atoms with Gasteiger partial charge in [-0.1, -0.05) is 30.3 Å². The number of rotatable bonds is 3. The SMILES string of the molecule is NC(C1CCOC1)C1(c2ccccc2)CCOCC1. The van der Waals surface area contributed by atoms with Gasteiger partial charge in [0.15, 0.2) is 0 Å². The fraction of sp³-hybridized carbons (Fsp3) is 0.625. The molecule has 2 saturated heterocycles. The van der Waals surface area contributed by atoms with Crippen LogP contribution in [0.4, 0.5) is 0 Å². The molecule has 0 aliphatic carbocycles. The van der Waals surface area contributed by atoms with Gasteiger partial charge in [0.2, 0.25) is 0 Å². The van der Waals surface area contributed by atoms with E-state index in [2.05, 4.69) is 30.3 Å². The van der Waals surface area contributed by atoms with Gasteiger partial charge in [-0.25, -0.2) is 0 Å². The zero-order valence-electron chi connectivity index (χ0n) is 11.4. The van der Waals surface area contributed by atoms with Crippen molar-refractivity contribution >= 4 is 0 Å². The van der Waals surface area contributed by atoms with Gasteiger partial charge in [0.25, 0.3) is 0 Å². The molecule has 2 aliphatic rings. The number of nitrogens with two attached hydrogens (primary N) is 1. The Labute approximate surface area is 115 Å². The Balaban J connectivity index is 1.91. The minimum absolute atomic E-state index is 0.0673. The predicted octanol–water partition coefficient (Wildman–Crippen LogP) is 2.10. The Hall–Kier alpha value is -0.900. The molecule has 0 spiro atoms. The van der Waals surface area contributed by atoms with Crippen molar-refractivity contribution < 1.29 is 9.47 Å². The molecule has 3 rings (SSSR count). The zero-order valence-corrected chi connectivity index (χ0v) is 11.4. The average Bonchev–Trinajstić information content (AvgIpc) is 3.02. The molecule has 2 unspecified atom stereocenters. The van der Waals surface area contributed by atoms with E-state index < -0.39 is 0 Å². The summed E-state index contributed by atoms with van der Waals surface area (Å²) >= 11 is 0. The molecule has 2 aliphatic heterocycles. The van der Waals surface area contributed by atoms with Crippen LogP contribution in [0.25, 0.3) is 0 Å². The van der Waals surface area contributed by atoms with Crippen molar-refractivity contribution in [2.75, 3.05) is 26.4 Å². The second-order valence-electron chi connectivity index (χ2n) is 5.78. The Morgan fingerprint density at radius 1 is 1.05 bits per heavy atom. The lowest BCUT2D eigenvalue weighted by Crippen LogP contribution is -2.53. The molecule has 0 aromatic heterocycles. The van der Waals surface area contributed by atoms with Gasteiger partial charge in [-0.15, -0.1) is 0 Å². The van der Waals surface area contributed by atoms with Crippen molar-refractivity contribution in [2.45, 2.75) is 30.7 Å². The van der Waals surface area contributed by atoms with Crippen molar-refractivity contribution in [3.63, 3.8) is 0 Å². The van der Waals surface area contributed by atoms with Gasteiger partial charge in [-0.05, 0) is 24.8 Å². The highest BCUT2D eigenvalue weighted by Crippen LogP contribution is 2.41. The molecule has 0 saturated carbocycles. The van der Waals surface area contributed by atoms with Gasteiger partial charge < -0.3 is 15.2 Å². The zero-order chi connectivity index (χ0) is 13.1. The van der Waals surface area contributed by atoms with Gasteiger partial charge in [-0.2, -0.15) is 0 Å². The summed E-state index contributed by atoms with van der Waals surface area (Å²) in [6, 6.07) is 10.9. The second-order valence-corrected chi connectivity index (χ2v) is 5.78. The van der Waals surface area contributed by atoms with Crippen LogP contribution >= 0.6 is 0 Å². The maximum absolute atomic E-state index is 6.69. The van der Waals surface area contributed by atoms with Gasteiger partial charge >= 0.3 is 0 Å². The highest BCUT2D eigenvalue weighted by atomic mass is 16.5. The van der Waals surface area contributed by atoms with E-state index in [1.165, 1.54) is 5.56 Å². The minimum atomic E-state index is 0.0673. The van der Waals surface area contributed by atoms with Crippen LogP contribution in [0.3, 0.4) is 0 Å². The molecule has 3 heteroatoms. The third-order valence-electron chi connectivity index (χ3n) is 4.84. The standard InChI is InChI=1S/C16H23NO2/c17-15(13-6-9-19-12-13)16(7-10-18-11-8-16)14-4-2-1-3-5-14/h1-5,13,15H,6-12,17H2. The first-order valence-corrected chi connectivity index (χ1v) is 7.29. The smallest absolute Gasteiger partial charge is 0.0510 e. The monoisotopic (exact) mass is 261 g/mol. The molecule has 0 amide bonds. The molecule has 19 heavy (non-hydrogen) atoms. The van der Waals surface area contributed by atoms with E-state index in [1.807, 2.05) is 0 Å². The normalized spacial score (nSPS) is 28.2. The van der Waals surface area contributed by atoms with E-state index in [-0.39, 0.29) is 11.5 Å². The number of ether oxygens (including phenoxy) is 2. The lowest BCUT2D eigenvalue weighted by Gasteiger charge is -2.44. The van der Waals surface area contributed by atoms with Crippen molar-refractivity contribution in [1.82, 2.24) is 0 Å². The van der Waals surface area contributed by atoms with E-state index in [9.17, 15) is 0 Å². The Morgan fingerprint density at radius 3 is 2.42 bits per heavy atom. The van der Waals surface area contributed by atoms with Crippen molar-refractivity contribution in [2.24, 2.45) is 11.7 Å². The summed E-state index contributed by atoms with van der Waals surface area (Å²) in [7, 11) is 0. The summed E-state index contributed by atoms with van der Waals surface area (Å²) in [6.07, 6.45) is 3.14. The molecule has 3 nitrogen and oxygen atoms in total. The van der Waals surface area contributed by atoms with Crippen LogP contribution in [-0.2, 0) is 14.9 Å². The maximum atomic E-state index is 6.69. The Kier molecular flexibility index (Phi) is 3.87. The first kappa shape index (κ1) is 13.1. The van der Waals surface area contributed by atoms with E-state index >= 15 is 0 Å².